The maximum absolute atomic E-state index is 11.6. The molecule has 1 atom stereocenters. The summed E-state index contributed by atoms with van der Waals surface area (Å²) in [5, 5.41) is 12.8. The summed E-state index contributed by atoms with van der Waals surface area (Å²) < 4.78 is 0. The number of unbranched alkanes of at least 4 members (excludes halogenated alkanes) is 1. The van der Waals surface area contributed by atoms with E-state index in [1.165, 1.54) is 5.56 Å². The Morgan fingerprint density at radius 2 is 2.24 bits per heavy atom. The third-order valence-electron chi connectivity index (χ3n) is 3.57. The van der Waals surface area contributed by atoms with Crippen molar-refractivity contribution in [3.63, 3.8) is 0 Å². The first-order chi connectivity index (χ1) is 8.20. The van der Waals surface area contributed by atoms with Gasteiger partial charge >= 0.3 is 5.97 Å². The first kappa shape index (κ1) is 12.1. The van der Waals surface area contributed by atoms with Crippen LogP contribution >= 0.6 is 0 Å². The van der Waals surface area contributed by atoms with E-state index in [0.717, 1.165) is 31.4 Å². The minimum atomic E-state index is -0.855. The van der Waals surface area contributed by atoms with Crippen molar-refractivity contribution >= 4 is 5.97 Å². The molecule has 0 saturated heterocycles. The predicted molar refractivity (Wildman–Crippen MR) is 67.0 cm³/mol. The van der Waals surface area contributed by atoms with Crippen molar-refractivity contribution in [3.05, 3.63) is 35.4 Å². The van der Waals surface area contributed by atoms with Crippen LogP contribution in [0.1, 0.15) is 37.3 Å². The lowest BCUT2D eigenvalue weighted by molar-refractivity contribution is -0.145. The van der Waals surface area contributed by atoms with Crippen LogP contribution < -0.4 is 5.32 Å². The average Bonchev–Trinajstić information content (AvgIpc) is 2.70. The highest BCUT2D eigenvalue weighted by Gasteiger charge is 2.44. The zero-order valence-corrected chi connectivity index (χ0v) is 10.2. The van der Waals surface area contributed by atoms with Gasteiger partial charge in [0.25, 0.3) is 0 Å². The third kappa shape index (κ3) is 2.07. The average molecular weight is 233 g/mol. The smallest absolute Gasteiger partial charge is 0.328 e. The van der Waals surface area contributed by atoms with E-state index < -0.39 is 11.5 Å². The summed E-state index contributed by atoms with van der Waals surface area (Å²) in [5.74, 6) is -0.751. The molecule has 0 radical (unpaired) electrons. The standard InChI is InChI=1S/C14H19NO2/c1-2-3-10-15-14(13(16)17)9-8-11-6-4-5-7-12(11)14/h4-7,15H,2-3,8-10H2,1H3,(H,16,17). The Bertz CT molecular complexity index is 416. The van der Waals surface area contributed by atoms with Crippen LogP contribution in [-0.4, -0.2) is 17.6 Å². The van der Waals surface area contributed by atoms with Crippen LogP contribution in [0.15, 0.2) is 24.3 Å². The molecule has 2 N–H and O–H groups in total. The monoisotopic (exact) mass is 233 g/mol. The highest BCUT2D eigenvalue weighted by Crippen LogP contribution is 2.37. The number of nitrogens with one attached hydrogen (secondary N) is 1. The van der Waals surface area contributed by atoms with Crippen molar-refractivity contribution in [2.45, 2.75) is 38.1 Å². The number of carboxylic acid groups (broad SMARTS) is 1. The van der Waals surface area contributed by atoms with Gasteiger partial charge in [0.2, 0.25) is 0 Å². The van der Waals surface area contributed by atoms with E-state index in [1.807, 2.05) is 24.3 Å². The molecule has 1 aromatic carbocycles. The lowest BCUT2D eigenvalue weighted by Gasteiger charge is -2.27. The molecule has 1 unspecified atom stereocenters. The van der Waals surface area contributed by atoms with Gasteiger partial charge in [0.05, 0.1) is 0 Å². The molecule has 92 valence electrons. The van der Waals surface area contributed by atoms with Crippen LogP contribution in [0.2, 0.25) is 0 Å². The SMILES string of the molecule is CCCCNC1(C(=O)O)CCc2ccccc21. The first-order valence-electron chi connectivity index (χ1n) is 6.27. The zero-order valence-electron chi connectivity index (χ0n) is 10.2. The Morgan fingerprint density at radius 1 is 1.47 bits per heavy atom. The number of hydrogen-bond donors (Lipinski definition) is 2. The largest absolute Gasteiger partial charge is 0.480 e. The molecule has 0 spiro atoms. The number of rotatable bonds is 5. The molecule has 1 aromatic rings. The second kappa shape index (κ2) is 4.88. The molecule has 0 aromatic heterocycles. The summed E-state index contributed by atoms with van der Waals surface area (Å²) in [6.07, 6.45) is 3.59. The van der Waals surface area contributed by atoms with Crippen LogP contribution in [0, 0.1) is 0 Å². The fraction of sp³-hybridized carbons (Fsp3) is 0.500. The maximum atomic E-state index is 11.6. The van der Waals surface area contributed by atoms with Gasteiger partial charge in [-0.3, -0.25) is 5.32 Å². The van der Waals surface area contributed by atoms with Gasteiger partial charge in [-0.15, -0.1) is 0 Å². The van der Waals surface area contributed by atoms with Crippen molar-refractivity contribution in [1.29, 1.82) is 0 Å². The van der Waals surface area contributed by atoms with Crippen LogP contribution in [0.25, 0.3) is 0 Å². The molecule has 0 amide bonds. The van der Waals surface area contributed by atoms with Gasteiger partial charge in [0.15, 0.2) is 0 Å². The Kier molecular flexibility index (Phi) is 3.48. The number of carbonyl (C=O) groups is 1. The third-order valence-corrected chi connectivity index (χ3v) is 3.57. The topological polar surface area (TPSA) is 49.3 Å². The Labute approximate surface area is 102 Å². The highest BCUT2D eigenvalue weighted by atomic mass is 16.4. The summed E-state index contributed by atoms with van der Waals surface area (Å²) in [4.78, 5) is 11.6. The van der Waals surface area contributed by atoms with Gasteiger partial charge in [0, 0.05) is 0 Å². The number of benzene rings is 1. The summed E-state index contributed by atoms with van der Waals surface area (Å²) in [5.41, 5.74) is 1.26. The van der Waals surface area contributed by atoms with Crippen molar-refractivity contribution in [3.8, 4) is 0 Å². The van der Waals surface area contributed by atoms with E-state index in [1.54, 1.807) is 0 Å². The van der Waals surface area contributed by atoms with Gasteiger partial charge < -0.3 is 5.11 Å². The highest BCUT2D eigenvalue weighted by molar-refractivity contribution is 5.82. The molecule has 3 nitrogen and oxygen atoms in total. The Hall–Kier alpha value is -1.35. The van der Waals surface area contributed by atoms with Crippen molar-refractivity contribution in [2.24, 2.45) is 0 Å². The molecule has 0 saturated carbocycles. The number of aliphatic carboxylic acids is 1. The van der Waals surface area contributed by atoms with Crippen LogP contribution in [0.5, 0.6) is 0 Å². The maximum Gasteiger partial charge on any atom is 0.328 e. The molecule has 3 heteroatoms. The minimum absolute atomic E-state index is 0.658. The normalized spacial score (nSPS) is 22.4. The van der Waals surface area contributed by atoms with E-state index in [2.05, 4.69) is 12.2 Å². The molecule has 2 rings (SSSR count). The van der Waals surface area contributed by atoms with Gasteiger partial charge in [-0.25, -0.2) is 4.79 Å². The summed E-state index contributed by atoms with van der Waals surface area (Å²) >= 11 is 0. The molecule has 0 bridgehead atoms. The quantitative estimate of drug-likeness (QED) is 0.767. The molecule has 0 aliphatic heterocycles. The van der Waals surface area contributed by atoms with E-state index >= 15 is 0 Å². The number of hydrogen-bond acceptors (Lipinski definition) is 2. The van der Waals surface area contributed by atoms with Gasteiger partial charge in [-0.2, -0.15) is 0 Å². The van der Waals surface area contributed by atoms with E-state index in [4.69, 9.17) is 0 Å². The number of fused-ring (bicyclic) bond motifs is 1. The molecular weight excluding hydrogens is 214 g/mol. The van der Waals surface area contributed by atoms with E-state index in [-0.39, 0.29) is 0 Å². The number of carboxylic acids is 1. The Balaban J connectivity index is 2.28. The van der Waals surface area contributed by atoms with Gasteiger partial charge in [-0.1, -0.05) is 37.6 Å². The molecule has 0 heterocycles. The molecule has 1 aliphatic rings. The zero-order chi connectivity index (χ0) is 12.3. The second-order valence-corrected chi connectivity index (χ2v) is 4.65. The lowest BCUT2D eigenvalue weighted by Crippen LogP contribution is -2.47. The first-order valence-corrected chi connectivity index (χ1v) is 6.27. The second-order valence-electron chi connectivity index (χ2n) is 4.65. The molecular formula is C14H19NO2. The Morgan fingerprint density at radius 3 is 2.94 bits per heavy atom. The summed E-state index contributed by atoms with van der Waals surface area (Å²) in [6.45, 7) is 2.87. The van der Waals surface area contributed by atoms with Crippen LogP contribution in [0.3, 0.4) is 0 Å². The minimum Gasteiger partial charge on any atom is -0.480 e. The van der Waals surface area contributed by atoms with E-state index in [9.17, 15) is 9.90 Å². The van der Waals surface area contributed by atoms with Crippen molar-refractivity contribution in [2.75, 3.05) is 6.54 Å². The van der Waals surface area contributed by atoms with Gasteiger partial charge in [0.1, 0.15) is 5.54 Å². The molecule has 0 fully saturated rings. The molecule has 17 heavy (non-hydrogen) atoms. The van der Waals surface area contributed by atoms with E-state index in [0.29, 0.717) is 6.42 Å². The van der Waals surface area contributed by atoms with Crippen molar-refractivity contribution in [1.82, 2.24) is 5.32 Å². The van der Waals surface area contributed by atoms with Crippen molar-refractivity contribution < 1.29 is 9.90 Å². The predicted octanol–water partition coefficient (Wildman–Crippen LogP) is 2.30. The fourth-order valence-electron chi connectivity index (χ4n) is 2.57. The van der Waals surface area contributed by atoms with Crippen LogP contribution in [0.4, 0.5) is 0 Å². The molecule has 1 aliphatic carbocycles. The fourth-order valence-corrected chi connectivity index (χ4v) is 2.57. The lowest BCUT2D eigenvalue weighted by atomic mass is 9.91. The summed E-state index contributed by atoms with van der Waals surface area (Å²) in [6, 6.07) is 7.86. The van der Waals surface area contributed by atoms with Crippen LogP contribution in [-0.2, 0) is 16.8 Å². The van der Waals surface area contributed by atoms with Gasteiger partial charge in [-0.05, 0) is 36.9 Å². The summed E-state index contributed by atoms with van der Waals surface area (Å²) in [7, 11) is 0. The number of aryl methyl sites for hydroxylation is 1.